The molecular formula is C10H14MgO2. The van der Waals surface area contributed by atoms with Gasteiger partial charge in [0.25, 0.3) is 0 Å². The Morgan fingerprint density at radius 2 is 1.69 bits per heavy atom. The van der Waals surface area contributed by atoms with Crippen LogP contribution in [0.25, 0.3) is 0 Å². The van der Waals surface area contributed by atoms with E-state index in [9.17, 15) is 4.79 Å². The summed E-state index contributed by atoms with van der Waals surface area (Å²) in [4.78, 5) is 10.8. The van der Waals surface area contributed by atoms with Gasteiger partial charge in [-0.15, -0.1) is 0 Å². The van der Waals surface area contributed by atoms with Gasteiger partial charge in [0, 0.05) is 0 Å². The average molecular weight is 191 g/mol. The summed E-state index contributed by atoms with van der Waals surface area (Å²) < 4.78 is 0. The summed E-state index contributed by atoms with van der Waals surface area (Å²) in [6.45, 7) is 3.40. The van der Waals surface area contributed by atoms with Gasteiger partial charge in [0.2, 0.25) is 0 Å². The summed E-state index contributed by atoms with van der Waals surface area (Å²) in [6, 6.07) is 9.23. The topological polar surface area (TPSA) is 37.3 Å². The first-order valence-corrected chi connectivity index (χ1v) is 3.84. The van der Waals surface area contributed by atoms with Crippen molar-refractivity contribution in [3.63, 3.8) is 0 Å². The second-order valence-corrected chi connectivity index (χ2v) is 3.30. The van der Waals surface area contributed by atoms with Crippen molar-refractivity contribution in [1.82, 2.24) is 0 Å². The van der Waals surface area contributed by atoms with E-state index in [0.29, 0.717) is 0 Å². The van der Waals surface area contributed by atoms with Gasteiger partial charge in [-0.2, -0.15) is 0 Å². The summed E-state index contributed by atoms with van der Waals surface area (Å²) >= 11 is 0. The average Bonchev–Trinajstić information content (AvgIpc) is 2.06. The van der Waals surface area contributed by atoms with Crippen LogP contribution in [0.4, 0.5) is 0 Å². The van der Waals surface area contributed by atoms with E-state index in [1.165, 1.54) is 0 Å². The van der Waals surface area contributed by atoms with Crippen molar-refractivity contribution in [2.75, 3.05) is 0 Å². The number of carbonyl (C=O) groups is 1. The standard InChI is InChI=1S/C10H12O2.Mg.2H/c1-10(2,9(11)12)8-6-4-3-5-7-8;;;/h3-7H,1-2H3,(H,11,12);;;. The predicted molar refractivity (Wildman–Crippen MR) is 55.6 cm³/mol. The third-order valence-electron chi connectivity index (χ3n) is 2.03. The minimum atomic E-state index is -0.797. The molecule has 0 bridgehead atoms. The monoisotopic (exact) mass is 190 g/mol. The van der Waals surface area contributed by atoms with Crippen LogP contribution in [0, 0.1) is 0 Å². The quantitative estimate of drug-likeness (QED) is 0.710. The van der Waals surface area contributed by atoms with Crippen molar-refractivity contribution >= 4 is 29.0 Å². The van der Waals surface area contributed by atoms with Gasteiger partial charge >= 0.3 is 29.0 Å². The summed E-state index contributed by atoms with van der Waals surface area (Å²) in [5.41, 5.74) is 0.0406. The van der Waals surface area contributed by atoms with Crippen molar-refractivity contribution in [3.8, 4) is 0 Å². The van der Waals surface area contributed by atoms with Gasteiger partial charge in [-0.1, -0.05) is 30.3 Å². The SMILES string of the molecule is CC(C)(C(=O)O)c1ccccc1.[MgH2]. The Morgan fingerprint density at radius 3 is 2.08 bits per heavy atom. The Bertz CT molecular complexity index is 280. The molecule has 0 unspecified atom stereocenters. The highest BCUT2D eigenvalue weighted by Gasteiger charge is 2.28. The second kappa shape index (κ2) is 4.63. The first-order chi connectivity index (χ1) is 5.55. The molecule has 0 aliphatic rings. The van der Waals surface area contributed by atoms with Gasteiger partial charge < -0.3 is 5.11 Å². The first kappa shape index (κ1) is 12.5. The van der Waals surface area contributed by atoms with Crippen LogP contribution in [0.1, 0.15) is 19.4 Å². The maximum absolute atomic E-state index is 10.8. The molecule has 0 aliphatic carbocycles. The van der Waals surface area contributed by atoms with Gasteiger partial charge in [0.05, 0.1) is 5.41 Å². The van der Waals surface area contributed by atoms with Gasteiger partial charge in [-0.25, -0.2) is 0 Å². The molecule has 3 heteroatoms. The number of hydrogen-bond donors (Lipinski definition) is 1. The highest BCUT2D eigenvalue weighted by molar-refractivity contribution is 5.80. The van der Waals surface area contributed by atoms with E-state index in [1.807, 2.05) is 30.3 Å². The number of hydrogen-bond acceptors (Lipinski definition) is 1. The third kappa shape index (κ3) is 2.71. The van der Waals surface area contributed by atoms with E-state index in [0.717, 1.165) is 5.56 Å². The van der Waals surface area contributed by atoms with E-state index >= 15 is 0 Å². The fraction of sp³-hybridized carbons (Fsp3) is 0.300. The number of carboxylic acid groups (broad SMARTS) is 1. The molecule has 0 saturated heterocycles. The van der Waals surface area contributed by atoms with Crippen molar-refractivity contribution in [1.29, 1.82) is 0 Å². The van der Waals surface area contributed by atoms with Crippen LogP contribution in [0.2, 0.25) is 0 Å². The van der Waals surface area contributed by atoms with E-state index in [1.54, 1.807) is 13.8 Å². The zero-order chi connectivity index (χ0) is 9.19. The first-order valence-electron chi connectivity index (χ1n) is 3.84. The third-order valence-corrected chi connectivity index (χ3v) is 2.03. The molecule has 0 radical (unpaired) electrons. The predicted octanol–water partition coefficient (Wildman–Crippen LogP) is 1.13. The number of benzene rings is 1. The highest BCUT2D eigenvalue weighted by atomic mass is 24.3. The van der Waals surface area contributed by atoms with Crippen LogP contribution in [-0.2, 0) is 10.2 Å². The summed E-state index contributed by atoms with van der Waals surface area (Å²) in [5, 5.41) is 8.89. The normalized spacial score (nSPS) is 10.3. The highest BCUT2D eigenvalue weighted by Crippen LogP contribution is 2.22. The molecule has 1 aromatic rings. The summed E-state index contributed by atoms with van der Waals surface area (Å²) in [6.07, 6.45) is 0. The molecule has 0 spiro atoms. The van der Waals surface area contributed by atoms with Crippen LogP contribution in [0.15, 0.2) is 30.3 Å². The second-order valence-electron chi connectivity index (χ2n) is 3.30. The maximum atomic E-state index is 10.8. The van der Waals surface area contributed by atoms with Gasteiger partial charge in [-0.05, 0) is 19.4 Å². The largest absolute Gasteiger partial charge is 0.481 e. The fourth-order valence-corrected chi connectivity index (χ4v) is 0.978. The molecule has 0 saturated carbocycles. The van der Waals surface area contributed by atoms with E-state index < -0.39 is 11.4 Å². The van der Waals surface area contributed by atoms with Crippen LogP contribution in [-0.4, -0.2) is 34.1 Å². The number of aliphatic carboxylic acids is 1. The smallest absolute Gasteiger partial charge is 0.316 e. The van der Waals surface area contributed by atoms with Crippen LogP contribution >= 0.6 is 0 Å². The molecule has 0 amide bonds. The number of rotatable bonds is 2. The molecule has 0 aromatic heterocycles. The van der Waals surface area contributed by atoms with Crippen molar-refractivity contribution in [3.05, 3.63) is 35.9 Å². The molecule has 2 nitrogen and oxygen atoms in total. The van der Waals surface area contributed by atoms with Crippen molar-refractivity contribution < 1.29 is 9.90 Å². The number of carboxylic acids is 1. The van der Waals surface area contributed by atoms with E-state index in [-0.39, 0.29) is 23.1 Å². The molecule has 1 N–H and O–H groups in total. The van der Waals surface area contributed by atoms with Gasteiger partial charge in [-0.3, -0.25) is 4.79 Å². The molecule has 0 atom stereocenters. The van der Waals surface area contributed by atoms with E-state index in [2.05, 4.69) is 0 Å². The van der Waals surface area contributed by atoms with Crippen LogP contribution < -0.4 is 0 Å². The van der Waals surface area contributed by atoms with Crippen molar-refractivity contribution in [2.24, 2.45) is 0 Å². The van der Waals surface area contributed by atoms with Crippen LogP contribution in [0.3, 0.4) is 0 Å². The Balaban J connectivity index is 0.00000144. The molecule has 0 heterocycles. The van der Waals surface area contributed by atoms with Crippen LogP contribution in [0.5, 0.6) is 0 Å². The zero-order valence-corrected chi connectivity index (χ0v) is 7.24. The molecule has 68 valence electrons. The van der Waals surface area contributed by atoms with Crippen molar-refractivity contribution in [2.45, 2.75) is 19.3 Å². The molecule has 1 aromatic carbocycles. The minimum Gasteiger partial charge on any atom is -0.481 e. The summed E-state index contributed by atoms with van der Waals surface area (Å²) in [5.74, 6) is -0.797. The lowest BCUT2D eigenvalue weighted by atomic mass is 9.85. The lowest BCUT2D eigenvalue weighted by Crippen LogP contribution is -2.28. The van der Waals surface area contributed by atoms with Gasteiger partial charge in [0.15, 0.2) is 0 Å². The Morgan fingerprint density at radius 1 is 1.23 bits per heavy atom. The fourth-order valence-electron chi connectivity index (χ4n) is 0.978. The minimum absolute atomic E-state index is 0. The lowest BCUT2D eigenvalue weighted by Gasteiger charge is -2.18. The molecule has 0 fully saturated rings. The molecular weight excluding hydrogens is 176 g/mol. The Kier molecular flexibility index (Phi) is 4.43. The van der Waals surface area contributed by atoms with E-state index in [4.69, 9.17) is 5.11 Å². The van der Waals surface area contributed by atoms with Gasteiger partial charge in [0.1, 0.15) is 0 Å². The Labute approximate surface area is 94.1 Å². The molecule has 13 heavy (non-hydrogen) atoms. The lowest BCUT2D eigenvalue weighted by molar-refractivity contribution is -0.142. The molecule has 0 aliphatic heterocycles. The zero-order valence-electron chi connectivity index (χ0n) is 7.24. The summed E-state index contributed by atoms with van der Waals surface area (Å²) in [7, 11) is 0. The molecule has 1 rings (SSSR count). The maximum Gasteiger partial charge on any atom is 0.316 e. The Hall–Kier alpha value is -0.544.